The van der Waals surface area contributed by atoms with Crippen LogP contribution in [-0.4, -0.2) is 18.8 Å². The number of hydrogen-bond acceptors (Lipinski definition) is 2. The maximum absolute atomic E-state index is 13.1. The summed E-state index contributed by atoms with van der Waals surface area (Å²) < 4.78 is 30.6. The van der Waals surface area contributed by atoms with Gasteiger partial charge < -0.3 is 9.84 Å². The molecule has 1 N–H and O–H groups in total. The van der Waals surface area contributed by atoms with Gasteiger partial charge in [0.1, 0.15) is 0 Å². The third-order valence-electron chi connectivity index (χ3n) is 1.94. The van der Waals surface area contributed by atoms with Gasteiger partial charge in [0.15, 0.2) is 11.6 Å². The number of aliphatic hydroxyl groups is 1. The molecule has 0 radical (unpaired) electrons. The molecular formula is C10H12F2O2. The van der Waals surface area contributed by atoms with E-state index >= 15 is 0 Å². The lowest BCUT2D eigenvalue weighted by Gasteiger charge is -2.08. The standard InChI is InChI=1S/C10H12F2O2/c1-14-10-7(3-2-6-13)4-5-8(11)9(10)12/h4-5,13H,2-3,6H2,1H3. The second-order valence-corrected chi connectivity index (χ2v) is 2.88. The van der Waals surface area contributed by atoms with Gasteiger partial charge in [-0.05, 0) is 24.5 Å². The van der Waals surface area contributed by atoms with Crippen molar-refractivity contribution in [3.05, 3.63) is 29.3 Å². The number of aryl methyl sites for hydroxylation is 1. The Bertz CT molecular complexity index is 313. The number of aliphatic hydroxyl groups excluding tert-OH is 1. The van der Waals surface area contributed by atoms with E-state index in [2.05, 4.69) is 0 Å². The first-order chi connectivity index (χ1) is 6.70. The number of benzene rings is 1. The highest BCUT2D eigenvalue weighted by Crippen LogP contribution is 2.25. The van der Waals surface area contributed by atoms with Crippen LogP contribution in [0.4, 0.5) is 8.78 Å². The summed E-state index contributed by atoms with van der Waals surface area (Å²) in [5, 5.41) is 8.61. The van der Waals surface area contributed by atoms with Crippen LogP contribution in [0.1, 0.15) is 12.0 Å². The van der Waals surface area contributed by atoms with Crippen LogP contribution in [0.25, 0.3) is 0 Å². The molecule has 0 amide bonds. The summed E-state index contributed by atoms with van der Waals surface area (Å²) in [6.07, 6.45) is 0.971. The number of halogens is 2. The third kappa shape index (κ3) is 2.20. The molecule has 0 atom stereocenters. The van der Waals surface area contributed by atoms with Gasteiger partial charge in [-0.15, -0.1) is 0 Å². The lowest BCUT2D eigenvalue weighted by Crippen LogP contribution is -1.99. The van der Waals surface area contributed by atoms with E-state index in [4.69, 9.17) is 9.84 Å². The zero-order chi connectivity index (χ0) is 10.6. The molecule has 0 aromatic heterocycles. The van der Waals surface area contributed by atoms with Crippen LogP contribution in [0.15, 0.2) is 12.1 Å². The first-order valence-corrected chi connectivity index (χ1v) is 4.32. The van der Waals surface area contributed by atoms with Gasteiger partial charge in [-0.25, -0.2) is 4.39 Å². The molecule has 1 aromatic carbocycles. The van der Waals surface area contributed by atoms with Gasteiger partial charge in [-0.2, -0.15) is 4.39 Å². The quantitative estimate of drug-likeness (QED) is 0.808. The molecule has 14 heavy (non-hydrogen) atoms. The second-order valence-electron chi connectivity index (χ2n) is 2.88. The number of rotatable bonds is 4. The van der Waals surface area contributed by atoms with E-state index in [1.54, 1.807) is 0 Å². The summed E-state index contributed by atoms with van der Waals surface area (Å²) in [6.45, 7) is 0.0160. The number of ether oxygens (including phenoxy) is 1. The number of methoxy groups -OCH3 is 1. The highest BCUT2D eigenvalue weighted by Gasteiger charge is 2.13. The normalized spacial score (nSPS) is 10.3. The molecule has 0 unspecified atom stereocenters. The fourth-order valence-corrected chi connectivity index (χ4v) is 1.26. The van der Waals surface area contributed by atoms with Crippen molar-refractivity contribution in [2.24, 2.45) is 0 Å². The summed E-state index contributed by atoms with van der Waals surface area (Å²) in [4.78, 5) is 0. The topological polar surface area (TPSA) is 29.5 Å². The zero-order valence-corrected chi connectivity index (χ0v) is 7.89. The molecule has 1 aromatic rings. The molecule has 0 fully saturated rings. The van der Waals surface area contributed by atoms with Crippen molar-refractivity contribution in [1.29, 1.82) is 0 Å². The van der Waals surface area contributed by atoms with Crippen molar-refractivity contribution < 1.29 is 18.6 Å². The van der Waals surface area contributed by atoms with Crippen LogP contribution in [0, 0.1) is 11.6 Å². The predicted molar refractivity (Wildman–Crippen MR) is 48.3 cm³/mol. The summed E-state index contributed by atoms with van der Waals surface area (Å²) in [5.41, 5.74) is 0.570. The highest BCUT2D eigenvalue weighted by molar-refractivity contribution is 5.35. The second kappa shape index (κ2) is 4.91. The third-order valence-corrected chi connectivity index (χ3v) is 1.94. The Morgan fingerprint density at radius 2 is 2.07 bits per heavy atom. The van der Waals surface area contributed by atoms with Crippen molar-refractivity contribution in [3.63, 3.8) is 0 Å². The summed E-state index contributed by atoms with van der Waals surface area (Å²) in [5.74, 6) is -1.96. The van der Waals surface area contributed by atoms with Gasteiger partial charge in [0.2, 0.25) is 5.82 Å². The Morgan fingerprint density at radius 1 is 1.36 bits per heavy atom. The first kappa shape index (κ1) is 10.9. The minimum absolute atomic E-state index is 0.0160. The summed E-state index contributed by atoms with van der Waals surface area (Å²) in [6, 6.07) is 2.53. The molecule has 0 saturated heterocycles. The molecule has 1 rings (SSSR count). The predicted octanol–water partition coefficient (Wildman–Crippen LogP) is 1.90. The lowest BCUT2D eigenvalue weighted by molar-refractivity contribution is 0.287. The van der Waals surface area contributed by atoms with Gasteiger partial charge in [-0.3, -0.25) is 0 Å². The van der Waals surface area contributed by atoms with Crippen molar-refractivity contribution in [2.45, 2.75) is 12.8 Å². The Morgan fingerprint density at radius 3 is 2.64 bits per heavy atom. The van der Waals surface area contributed by atoms with Crippen LogP contribution in [-0.2, 0) is 6.42 Å². The maximum atomic E-state index is 13.1. The molecule has 0 bridgehead atoms. The maximum Gasteiger partial charge on any atom is 0.200 e. The van der Waals surface area contributed by atoms with Crippen LogP contribution < -0.4 is 4.74 Å². The lowest BCUT2D eigenvalue weighted by atomic mass is 10.1. The SMILES string of the molecule is COc1c(CCCO)ccc(F)c1F. The molecule has 0 heterocycles. The van der Waals surface area contributed by atoms with Gasteiger partial charge in [0.05, 0.1) is 7.11 Å². The van der Waals surface area contributed by atoms with Crippen LogP contribution in [0.2, 0.25) is 0 Å². The van der Waals surface area contributed by atoms with Crippen molar-refractivity contribution >= 4 is 0 Å². The molecule has 2 nitrogen and oxygen atoms in total. The van der Waals surface area contributed by atoms with Crippen molar-refractivity contribution in [2.75, 3.05) is 13.7 Å². The van der Waals surface area contributed by atoms with E-state index < -0.39 is 11.6 Å². The molecular weight excluding hydrogens is 190 g/mol. The van der Waals surface area contributed by atoms with E-state index in [-0.39, 0.29) is 12.4 Å². The molecule has 4 heteroatoms. The fourth-order valence-electron chi connectivity index (χ4n) is 1.26. The fraction of sp³-hybridized carbons (Fsp3) is 0.400. The Balaban J connectivity index is 2.98. The van der Waals surface area contributed by atoms with Gasteiger partial charge in [-0.1, -0.05) is 6.07 Å². The average Bonchev–Trinajstić information content (AvgIpc) is 2.20. The van der Waals surface area contributed by atoms with E-state index in [0.29, 0.717) is 18.4 Å². The highest BCUT2D eigenvalue weighted by atomic mass is 19.2. The van der Waals surface area contributed by atoms with Crippen molar-refractivity contribution in [3.8, 4) is 5.75 Å². The average molecular weight is 202 g/mol. The zero-order valence-electron chi connectivity index (χ0n) is 7.89. The monoisotopic (exact) mass is 202 g/mol. The van der Waals surface area contributed by atoms with Crippen LogP contribution >= 0.6 is 0 Å². The molecule has 0 spiro atoms. The smallest absolute Gasteiger partial charge is 0.200 e. The van der Waals surface area contributed by atoms with Gasteiger partial charge in [0, 0.05) is 6.61 Å². The molecule has 0 saturated carbocycles. The Kier molecular flexibility index (Phi) is 3.83. The van der Waals surface area contributed by atoms with Crippen molar-refractivity contribution in [1.82, 2.24) is 0 Å². The van der Waals surface area contributed by atoms with E-state index in [1.165, 1.54) is 13.2 Å². The Hall–Kier alpha value is -1.16. The van der Waals surface area contributed by atoms with Crippen LogP contribution in [0.3, 0.4) is 0 Å². The molecule has 0 aliphatic carbocycles. The van der Waals surface area contributed by atoms with E-state index in [9.17, 15) is 8.78 Å². The van der Waals surface area contributed by atoms with Crippen LogP contribution in [0.5, 0.6) is 5.75 Å². The summed E-state index contributed by atoms with van der Waals surface area (Å²) >= 11 is 0. The van der Waals surface area contributed by atoms with E-state index in [0.717, 1.165) is 6.07 Å². The Labute approximate surface area is 81.1 Å². The molecule has 78 valence electrons. The minimum Gasteiger partial charge on any atom is -0.493 e. The molecule has 0 aliphatic rings. The first-order valence-electron chi connectivity index (χ1n) is 4.32. The van der Waals surface area contributed by atoms with Gasteiger partial charge in [0.25, 0.3) is 0 Å². The molecule has 0 aliphatic heterocycles. The minimum atomic E-state index is -0.970. The summed E-state index contributed by atoms with van der Waals surface area (Å²) in [7, 11) is 1.29. The van der Waals surface area contributed by atoms with Gasteiger partial charge >= 0.3 is 0 Å². The number of hydrogen-bond donors (Lipinski definition) is 1. The van der Waals surface area contributed by atoms with E-state index in [1.807, 2.05) is 0 Å². The largest absolute Gasteiger partial charge is 0.493 e.